The molecule has 5 nitrogen and oxygen atoms in total. The monoisotopic (exact) mass is 324 g/mol. The van der Waals surface area contributed by atoms with Gasteiger partial charge in [0.25, 0.3) is 11.5 Å². The van der Waals surface area contributed by atoms with Crippen LogP contribution in [0.25, 0.3) is 6.08 Å². The van der Waals surface area contributed by atoms with Gasteiger partial charge in [0.05, 0.1) is 6.54 Å². The number of hydroxylamine groups is 1. The van der Waals surface area contributed by atoms with Crippen molar-refractivity contribution < 1.29 is 23.2 Å². The number of halogens is 3. The van der Waals surface area contributed by atoms with Gasteiger partial charge < -0.3 is 4.57 Å². The Labute approximate surface area is 128 Å². The van der Waals surface area contributed by atoms with Crippen molar-refractivity contribution in [1.29, 1.82) is 0 Å². The quantitative estimate of drug-likeness (QED) is 0.390. The highest BCUT2D eigenvalue weighted by atomic mass is 19.2. The summed E-state index contributed by atoms with van der Waals surface area (Å²) in [5.41, 5.74) is 1.04. The van der Waals surface area contributed by atoms with Crippen LogP contribution in [0.5, 0.6) is 0 Å². The van der Waals surface area contributed by atoms with Crippen LogP contribution < -0.4 is 11.0 Å². The van der Waals surface area contributed by atoms with Gasteiger partial charge in [0.1, 0.15) is 0 Å². The Balaban J connectivity index is 2.33. The molecule has 0 unspecified atom stereocenters. The predicted octanol–water partition coefficient (Wildman–Crippen LogP) is 1.83. The molecule has 2 aromatic rings. The molecule has 0 aliphatic rings. The number of benzene rings is 1. The summed E-state index contributed by atoms with van der Waals surface area (Å²) in [6.45, 7) is -0.180. The lowest BCUT2D eigenvalue weighted by atomic mass is 10.2. The third-order valence-corrected chi connectivity index (χ3v) is 2.97. The summed E-state index contributed by atoms with van der Waals surface area (Å²) in [5, 5.41) is 8.37. The lowest BCUT2D eigenvalue weighted by Crippen LogP contribution is -2.22. The summed E-state index contributed by atoms with van der Waals surface area (Å²) in [4.78, 5) is 23.1. The highest BCUT2D eigenvalue weighted by Gasteiger charge is 2.11. The lowest BCUT2D eigenvalue weighted by Gasteiger charge is -2.07. The molecule has 8 heteroatoms. The van der Waals surface area contributed by atoms with Gasteiger partial charge in [0, 0.05) is 17.8 Å². The van der Waals surface area contributed by atoms with Crippen molar-refractivity contribution >= 4 is 12.0 Å². The summed E-state index contributed by atoms with van der Waals surface area (Å²) in [6, 6.07) is 4.51. The fourth-order valence-corrected chi connectivity index (χ4v) is 1.91. The standard InChI is InChI=1S/C15H11F3N2O3/c16-11-6-9(7-12(17)14(11)18)8-20-5-1-2-10(15(20)22)3-4-13(21)19-23/h1-7,23H,8H2,(H,19,21)/b4-3+. The molecule has 2 N–H and O–H groups in total. The molecule has 0 atom stereocenters. The van der Waals surface area contributed by atoms with E-state index in [1.54, 1.807) is 0 Å². The van der Waals surface area contributed by atoms with E-state index in [2.05, 4.69) is 0 Å². The molecular weight excluding hydrogens is 313 g/mol. The molecule has 0 aliphatic carbocycles. The number of pyridine rings is 1. The van der Waals surface area contributed by atoms with E-state index in [4.69, 9.17) is 5.21 Å². The fourth-order valence-electron chi connectivity index (χ4n) is 1.91. The largest absolute Gasteiger partial charge is 0.311 e. The van der Waals surface area contributed by atoms with Crippen molar-refractivity contribution in [3.63, 3.8) is 0 Å². The van der Waals surface area contributed by atoms with Crippen molar-refractivity contribution in [2.75, 3.05) is 0 Å². The zero-order valence-electron chi connectivity index (χ0n) is 11.6. The summed E-state index contributed by atoms with van der Waals surface area (Å²) in [5.74, 6) is -5.08. The molecule has 1 aromatic heterocycles. The average Bonchev–Trinajstić information content (AvgIpc) is 2.53. The van der Waals surface area contributed by atoms with Crippen LogP contribution in [0.4, 0.5) is 13.2 Å². The van der Waals surface area contributed by atoms with Crippen molar-refractivity contribution in [2.24, 2.45) is 0 Å². The maximum absolute atomic E-state index is 13.2. The van der Waals surface area contributed by atoms with E-state index in [1.165, 1.54) is 29.9 Å². The molecule has 120 valence electrons. The first-order chi connectivity index (χ1) is 10.9. The van der Waals surface area contributed by atoms with Crippen LogP contribution in [-0.4, -0.2) is 15.7 Å². The second-order valence-corrected chi connectivity index (χ2v) is 4.58. The zero-order chi connectivity index (χ0) is 17.0. The van der Waals surface area contributed by atoms with Gasteiger partial charge in [-0.1, -0.05) is 0 Å². The predicted molar refractivity (Wildman–Crippen MR) is 75.1 cm³/mol. The number of nitrogens with zero attached hydrogens (tertiary/aromatic N) is 1. The molecule has 1 heterocycles. The molecule has 0 spiro atoms. The van der Waals surface area contributed by atoms with Crippen molar-refractivity contribution in [1.82, 2.24) is 10.0 Å². The Kier molecular flexibility index (Phi) is 4.97. The van der Waals surface area contributed by atoms with Gasteiger partial charge in [-0.2, -0.15) is 0 Å². The molecule has 0 bridgehead atoms. The van der Waals surface area contributed by atoms with E-state index in [0.717, 1.165) is 22.8 Å². The number of rotatable bonds is 4. The highest BCUT2D eigenvalue weighted by molar-refractivity contribution is 5.90. The third kappa shape index (κ3) is 3.86. The summed E-state index contributed by atoms with van der Waals surface area (Å²) >= 11 is 0. The van der Waals surface area contributed by atoms with Gasteiger partial charge >= 0.3 is 0 Å². The minimum Gasteiger partial charge on any atom is -0.311 e. The first kappa shape index (κ1) is 16.5. The third-order valence-electron chi connectivity index (χ3n) is 2.97. The van der Waals surface area contributed by atoms with Gasteiger partial charge in [0.15, 0.2) is 17.5 Å². The van der Waals surface area contributed by atoms with Crippen LogP contribution in [0.15, 0.2) is 41.3 Å². The zero-order valence-corrected chi connectivity index (χ0v) is 11.6. The summed E-state index contributed by atoms with van der Waals surface area (Å²) in [6.07, 6.45) is 3.50. The highest BCUT2D eigenvalue weighted by Crippen LogP contribution is 2.14. The maximum atomic E-state index is 13.2. The molecule has 1 amide bonds. The molecular formula is C15H11F3N2O3. The van der Waals surface area contributed by atoms with E-state index in [0.29, 0.717) is 0 Å². The van der Waals surface area contributed by atoms with Crippen molar-refractivity contribution in [2.45, 2.75) is 6.54 Å². The molecule has 0 radical (unpaired) electrons. The Bertz CT molecular complexity index is 808. The van der Waals surface area contributed by atoms with Gasteiger partial charge in [-0.05, 0) is 35.9 Å². The first-order valence-electron chi connectivity index (χ1n) is 6.37. The van der Waals surface area contributed by atoms with Crippen LogP contribution in [0, 0.1) is 17.5 Å². The second-order valence-electron chi connectivity index (χ2n) is 4.58. The van der Waals surface area contributed by atoms with Gasteiger partial charge in [0.2, 0.25) is 0 Å². The normalized spacial score (nSPS) is 11.0. The number of carbonyl (C=O) groups is 1. The van der Waals surface area contributed by atoms with E-state index < -0.39 is 28.9 Å². The van der Waals surface area contributed by atoms with Crippen LogP contribution in [0.3, 0.4) is 0 Å². The van der Waals surface area contributed by atoms with Crippen molar-refractivity contribution in [3.8, 4) is 0 Å². The van der Waals surface area contributed by atoms with E-state index in [9.17, 15) is 22.8 Å². The SMILES string of the molecule is O=C(/C=C/c1cccn(Cc2cc(F)c(F)c(F)c2)c1=O)NO. The minimum absolute atomic E-state index is 0.0673. The maximum Gasteiger partial charge on any atom is 0.267 e. The smallest absolute Gasteiger partial charge is 0.267 e. The Hall–Kier alpha value is -2.87. The van der Waals surface area contributed by atoms with Gasteiger partial charge in [-0.15, -0.1) is 0 Å². The Morgan fingerprint density at radius 2 is 1.91 bits per heavy atom. The number of aromatic nitrogens is 1. The topological polar surface area (TPSA) is 71.3 Å². The van der Waals surface area contributed by atoms with Crippen LogP contribution in [0.2, 0.25) is 0 Å². The minimum atomic E-state index is -1.58. The molecule has 23 heavy (non-hydrogen) atoms. The van der Waals surface area contributed by atoms with E-state index >= 15 is 0 Å². The van der Waals surface area contributed by atoms with E-state index in [-0.39, 0.29) is 17.7 Å². The van der Waals surface area contributed by atoms with Crippen LogP contribution >= 0.6 is 0 Å². The van der Waals surface area contributed by atoms with Crippen LogP contribution in [-0.2, 0) is 11.3 Å². The van der Waals surface area contributed by atoms with Crippen LogP contribution in [0.1, 0.15) is 11.1 Å². The number of carbonyl (C=O) groups excluding carboxylic acids is 1. The van der Waals surface area contributed by atoms with Gasteiger partial charge in [-0.3, -0.25) is 14.8 Å². The first-order valence-corrected chi connectivity index (χ1v) is 6.37. The number of hydrogen-bond acceptors (Lipinski definition) is 3. The fraction of sp³-hybridized carbons (Fsp3) is 0.0667. The molecule has 0 fully saturated rings. The molecule has 2 rings (SSSR count). The Morgan fingerprint density at radius 1 is 1.26 bits per heavy atom. The van der Waals surface area contributed by atoms with Gasteiger partial charge in [-0.25, -0.2) is 18.7 Å². The lowest BCUT2D eigenvalue weighted by molar-refractivity contribution is -0.124. The number of hydrogen-bond donors (Lipinski definition) is 2. The second kappa shape index (κ2) is 6.93. The molecule has 1 aromatic carbocycles. The Morgan fingerprint density at radius 3 is 2.52 bits per heavy atom. The van der Waals surface area contributed by atoms with E-state index in [1.807, 2.05) is 0 Å². The number of nitrogens with one attached hydrogen (secondary N) is 1. The molecule has 0 aliphatic heterocycles. The summed E-state index contributed by atoms with van der Waals surface area (Å²) in [7, 11) is 0. The molecule has 0 saturated heterocycles. The number of amides is 1. The summed E-state index contributed by atoms with van der Waals surface area (Å²) < 4.78 is 40.4. The molecule has 0 saturated carbocycles. The average molecular weight is 324 g/mol. The van der Waals surface area contributed by atoms with Crippen molar-refractivity contribution in [3.05, 3.63) is 75.5 Å².